The van der Waals surface area contributed by atoms with Gasteiger partial charge in [-0.15, -0.1) is 0 Å². The molecule has 2 aromatic heterocycles. The van der Waals surface area contributed by atoms with Crippen LogP contribution in [0.2, 0.25) is 0 Å². The van der Waals surface area contributed by atoms with Crippen molar-refractivity contribution in [1.29, 1.82) is 0 Å². The summed E-state index contributed by atoms with van der Waals surface area (Å²) < 4.78 is 12.5. The second-order valence-electron chi connectivity index (χ2n) is 3.18. The van der Waals surface area contributed by atoms with E-state index in [1.54, 1.807) is 11.3 Å². The maximum absolute atomic E-state index is 12.5. The fourth-order valence-corrected chi connectivity index (χ4v) is 1.86. The molecule has 1 amide bonds. The van der Waals surface area contributed by atoms with Crippen LogP contribution in [0.1, 0.15) is 15.9 Å². The lowest BCUT2D eigenvalue weighted by Crippen LogP contribution is -2.22. The molecule has 1 N–H and O–H groups in total. The number of carbonyl (C=O) groups excluding carboxylic acids is 1. The number of pyridine rings is 1. The van der Waals surface area contributed by atoms with Crippen LogP contribution in [0.3, 0.4) is 0 Å². The molecule has 0 atom stereocenters. The van der Waals surface area contributed by atoms with Crippen molar-refractivity contribution in [1.82, 2.24) is 10.3 Å². The maximum atomic E-state index is 12.5. The highest BCUT2D eigenvalue weighted by Gasteiger charge is 2.05. The zero-order chi connectivity index (χ0) is 11.4. The predicted molar refractivity (Wildman–Crippen MR) is 59.7 cm³/mol. The average Bonchev–Trinajstić information content (AvgIpc) is 2.80. The van der Waals surface area contributed by atoms with Crippen LogP contribution in [0.5, 0.6) is 0 Å². The van der Waals surface area contributed by atoms with Gasteiger partial charge in [0.05, 0.1) is 5.56 Å². The first-order valence-electron chi connectivity index (χ1n) is 4.66. The topological polar surface area (TPSA) is 42.0 Å². The fourth-order valence-electron chi connectivity index (χ4n) is 1.19. The summed E-state index contributed by atoms with van der Waals surface area (Å²) in [5.74, 6) is -0.840. The second kappa shape index (κ2) is 4.85. The Labute approximate surface area is 96.0 Å². The normalized spacial score (nSPS) is 10.1. The average molecular weight is 236 g/mol. The highest BCUT2D eigenvalue weighted by molar-refractivity contribution is 7.07. The Hall–Kier alpha value is -1.75. The van der Waals surface area contributed by atoms with Crippen LogP contribution in [0.15, 0.2) is 35.2 Å². The summed E-state index contributed by atoms with van der Waals surface area (Å²) in [7, 11) is 0. The zero-order valence-electron chi connectivity index (χ0n) is 8.31. The van der Waals surface area contributed by atoms with E-state index in [0.717, 1.165) is 5.56 Å². The molecule has 0 aliphatic carbocycles. The highest BCUT2D eigenvalue weighted by atomic mass is 32.1. The number of nitrogens with zero attached hydrogens (tertiary/aromatic N) is 1. The van der Waals surface area contributed by atoms with E-state index in [0.29, 0.717) is 12.1 Å². The molecular formula is C11H9FN2OS. The summed E-state index contributed by atoms with van der Waals surface area (Å²) in [6.07, 6.45) is 1.22. The number of aromatic nitrogens is 1. The monoisotopic (exact) mass is 236 g/mol. The van der Waals surface area contributed by atoms with Crippen LogP contribution in [0.4, 0.5) is 4.39 Å². The van der Waals surface area contributed by atoms with Crippen LogP contribution in [-0.4, -0.2) is 10.9 Å². The van der Waals surface area contributed by atoms with Crippen molar-refractivity contribution >= 4 is 17.2 Å². The molecule has 0 fully saturated rings. The van der Waals surface area contributed by atoms with Crippen molar-refractivity contribution in [3.05, 3.63) is 52.2 Å². The quantitative estimate of drug-likeness (QED) is 0.830. The molecule has 2 heterocycles. The van der Waals surface area contributed by atoms with Gasteiger partial charge in [-0.25, -0.2) is 4.98 Å². The SMILES string of the molecule is O=C(NCc1ccsc1)c1ccc(F)nc1. The number of halogens is 1. The molecule has 0 saturated carbocycles. The summed E-state index contributed by atoms with van der Waals surface area (Å²) in [4.78, 5) is 15.0. The van der Waals surface area contributed by atoms with E-state index in [9.17, 15) is 9.18 Å². The van der Waals surface area contributed by atoms with Gasteiger partial charge in [0.1, 0.15) is 0 Å². The van der Waals surface area contributed by atoms with Gasteiger partial charge >= 0.3 is 0 Å². The molecule has 5 heteroatoms. The first-order chi connectivity index (χ1) is 7.75. The van der Waals surface area contributed by atoms with Gasteiger partial charge in [-0.3, -0.25) is 4.79 Å². The maximum Gasteiger partial charge on any atom is 0.253 e. The first kappa shape index (κ1) is 10.8. The van der Waals surface area contributed by atoms with E-state index in [2.05, 4.69) is 10.3 Å². The van der Waals surface area contributed by atoms with Crippen molar-refractivity contribution in [3.63, 3.8) is 0 Å². The van der Waals surface area contributed by atoms with Gasteiger partial charge in [-0.05, 0) is 34.5 Å². The van der Waals surface area contributed by atoms with E-state index >= 15 is 0 Å². The molecule has 0 bridgehead atoms. The van der Waals surface area contributed by atoms with Gasteiger partial charge in [0.2, 0.25) is 5.95 Å². The van der Waals surface area contributed by atoms with Crippen LogP contribution in [0.25, 0.3) is 0 Å². The summed E-state index contributed by atoms with van der Waals surface area (Å²) in [6.45, 7) is 0.472. The lowest BCUT2D eigenvalue weighted by Gasteiger charge is -2.02. The van der Waals surface area contributed by atoms with Crippen molar-refractivity contribution in [3.8, 4) is 0 Å². The summed E-state index contributed by atoms with van der Waals surface area (Å²) in [5.41, 5.74) is 1.41. The molecule has 16 heavy (non-hydrogen) atoms. The Morgan fingerprint density at radius 2 is 2.31 bits per heavy atom. The minimum Gasteiger partial charge on any atom is -0.348 e. The number of amides is 1. The Morgan fingerprint density at radius 3 is 2.94 bits per heavy atom. The van der Waals surface area contributed by atoms with E-state index < -0.39 is 5.95 Å². The highest BCUT2D eigenvalue weighted by Crippen LogP contribution is 2.06. The Bertz CT molecular complexity index is 467. The third kappa shape index (κ3) is 2.64. The number of rotatable bonds is 3. The van der Waals surface area contributed by atoms with E-state index in [-0.39, 0.29) is 5.91 Å². The molecule has 0 aliphatic rings. The van der Waals surface area contributed by atoms with Gasteiger partial charge in [-0.1, -0.05) is 0 Å². The van der Waals surface area contributed by atoms with Gasteiger partial charge < -0.3 is 5.32 Å². The van der Waals surface area contributed by atoms with Gasteiger partial charge in [0, 0.05) is 12.7 Å². The molecule has 0 aromatic carbocycles. The minimum absolute atomic E-state index is 0.251. The van der Waals surface area contributed by atoms with Crippen LogP contribution >= 0.6 is 11.3 Å². The molecule has 0 aliphatic heterocycles. The Kier molecular flexibility index (Phi) is 3.26. The third-order valence-electron chi connectivity index (χ3n) is 2.02. The van der Waals surface area contributed by atoms with Crippen LogP contribution in [-0.2, 0) is 6.54 Å². The van der Waals surface area contributed by atoms with Crippen molar-refractivity contribution < 1.29 is 9.18 Å². The van der Waals surface area contributed by atoms with Crippen LogP contribution < -0.4 is 5.32 Å². The van der Waals surface area contributed by atoms with E-state index in [4.69, 9.17) is 0 Å². The number of hydrogen-bond donors (Lipinski definition) is 1. The van der Waals surface area contributed by atoms with Crippen molar-refractivity contribution in [2.75, 3.05) is 0 Å². The number of carbonyl (C=O) groups is 1. The molecule has 0 spiro atoms. The standard InChI is InChI=1S/C11H9FN2OS/c12-10-2-1-9(6-13-10)11(15)14-5-8-3-4-16-7-8/h1-4,6-7H,5H2,(H,14,15). The number of nitrogens with one attached hydrogen (secondary N) is 1. The number of thiophene rings is 1. The van der Waals surface area contributed by atoms with Crippen molar-refractivity contribution in [2.24, 2.45) is 0 Å². The largest absolute Gasteiger partial charge is 0.348 e. The Morgan fingerprint density at radius 1 is 1.44 bits per heavy atom. The first-order valence-corrected chi connectivity index (χ1v) is 5.61. The molecule has 0 unspecified atom stereocenters. The van der Waals surface area contributed by atoms with Gasteiger partial charge in [0.15, 0.2) is 0 Å². The Balaban J connectivity index is 1.95. The molecular weight excluding hydrogens is 227 g/mol. The molecule has 82 valence electrons. The molecule has 2 rings (SSSR count). The smallest absolute Gasteiger partial charge is 0.253 e. The van der Waals surface area contributed by atoms with Crippen molar-refractivity contribution in [2.45, 2.75) is 6.54 Å². The molecule has 3 nitrogen and oxygen atoms in total. The summed E-state index contributed by atoms with van der Waals surface area (Å²) in [6, 6.07) is 4.51. The van der Waals surface area contributed by atoms with Gasteiger partial charge in [-0.2, -0.15) is 15.7 Å². The zero-order valence-corrected chi connectivity index (χ0v) is 9.13. The van der Waals surface area contributed by atoms with E-state index in [1.165, 1.54) is 18.3 Å². The molecule has 0 radical (unpaired) electrons. The molecule has 0 saturated heterocycles. The third-order valence-corrected chi connectivity index (χ3v) is 2.75. The lowest BCUT2D eigenvalue weighted by atomic mass is 10.2. The predicted octanol–water partition coefficient (Wildman–Crippen LogP) is 2.21. The van der Waals surface area contributed by atoms with E-state index in [1.807, 2.05) is 16.8 Å². The summed E-state index contributed by atoms with van der Waals surface area (Å²) in [5, 5.41) is 6.63. The van der Waals surface area contributed by atoms with Gasteiger partial charge in [0.25, 0.3) is 5.91 Å². The number of hydrogen-bond acceptors (Lipinski definition) is 3. The summed E-state index contributed by atoms with van der Waals surface area (Å²) >= 11 is 1.58. The second-order valence-corrected chi connectivity index (χ2v) is 3.96. The fraction of sp³-hybridized carbons (Fsp3) is 0.0909. The van der Waals surface area contributed by atoms with Crippen LogP contribution in [0, 0.1) is 5.95 Å². The minimum atomic E-state index is -0.589. The lowest BCUT2D eigenvalue weighted by molar-refractivity contribution is 0.0950. The molecule has 2 aromatic rings.